The van der Waals surface area contributed by atoms with E-state index in [-0.39, 0.29) is 25.7 Å². The van der Waals surface area contributed by atoms with Crippen molar-refractivity contribution in [3.8, 4) is 0 Å². The van der Waals surface area contributed by atoms with E-state index in [1.54, 1.807) is 0 Å². The Kier molecular flexibility index (Phi) is 27.7. The molecule has 252 valence electrons. The van der Waals surface area contributed by atoms with Crippen molar-refractivity contribution in [3.05, 3.63) is 0 Å². The number of phosphoric ester groups is 1. The van der Waals surface area contributed by atoms with Crippen LogP contribution in [0.4, 0.5) is 0 Å². The van der Waals surface area contributed by atoms with Crippen molar-refractivity contribution in [1.82, 2.24) is 5.32 Å². The summed E-state index contributed by atoms with van der Waals surface area (Å²) in [7, 11) is 1.77. The predicted molar refractivity (Wildman–Crippen MR) is 176 cm³/mol. The van der Waals surface area contributed by atoms with E-state index in [0.717, 1.165) is 25.7 Å². The monoisotopic (exact) mass is 621 g/mol. The molecule has 8 nitrogen and oxygen atoms in total. The van der Waals surface area contributed by atoms with Gasteiger partial charge in [0.25, 0.3) is 0 Å². The molecule has 2 N–H and O–H groups in total. The summed E-state index contributed by atoms with van der Waals surface area (Å²) < 4.78 is 29.4. The van der Waals surface area contributed by atoms with Gasteiger partial charge in [0.2, 0.25) is 5.91 Å². The van der Waals surface area contributed by atoms with Gasteiger partial charge in [0.05, 0.1) is 33.9 Å². The summed E-state index contributed by atoms with van der Waals surface area (Å²) >= 11 is 0. The second-order valence-corrected chi connectivity index (χ2v) is 14.5. The third kappa shape index (κ3) is 30.9. The molecule has 0 aliphatic rings. The molecule has 42 heavy (non-hydrogen) atoms. The zero-order valence-electron chi connectivity index (χ0n) is 28.3. The Balaban J connectivity index is 4.30. The minimum atomic E-state index is -4.19. The SMILES string of the molecule is CCCCCCCCCCCCCC(=O)NCC(COP(=O)(O)OCC[N+](C)(C)C)OCCCCCCCCCCC. The molecule has 0 fully saturated rings. The molecular formula is C33H70N2O6P+. The fourth-order valence-electron chi connectivity index (χ4n) is 4.74. The molecule has 0 aromatic rings. The van der Waals surface area contributed by atoms with Gasteiger partial charge in [0.1, 0.15) is 13.2 Å². The summed E-state index contributed by atoms with van der Waals surface area (Å²) in [5.41, 5.74) is 0. The molecule has 9 heteroatoms. The fourth-order valence-corrected chi connectivity index (χ4v) is 5.48. The van der Waals surface area contributed by atoms with E-state index in [1.165, 1.54) is 103 Å². The summed E-state index contributed by atoms with van der Waals surface area (Å²) in [6.45, 7) is 5.89. The number of quaternary nitrogens is 1. The number of rotatable bonds is 32. The minimum absolute atomic E-state index is 0.00558. The Morgan fingerprint density at radius 2 is 1.14 bits per heavy atom. The summed E-state index contributed by atoms with van der Waals surface area (Å²) in [5.74, 6) is -0.00558. The number of likely N-dealkylation sites (N-methyl/N-ethyl adjacent to an activating group) is 1. The molecule has 0 aromatic carbocycles. The molecule has 0 spiro atoms. The van der Waals surface area contributed by atoms with E-state index in [9.17, 15) is 14.3 Å². The maximum absolute atomic E-state index is 12.4. The van der Waals surface area contributed by atoms with Gasteiger partial charge in [0.15, 0.2) is 0 Å². The number of phosphoric acid groups is 1. The van der Waals surface area contributed by atoms with Crippen LogP contribution in [0.1, 0.15) is 149 Å². The Morgan fingerprint density at radius 1 is 0.690 bits per heavy atom. The number of nitrogens with zero attached hydrogens (tertiary/aromatic N) is 1. The quantitative estimate of drug-likeness (QED) is 0.0444. The first-order valence-electron chi connectivity index (χ1n) is 17.4. The lowest BCUT2D eigenvalue weighted by Gasteiger charge is -2.24. The summed E-state index contributed by atoms with van der Waals surface area (Å²) in [6, 6.07) is 0. The Bertz CT molecular complexity index is 659. The molecule has 0 saturated heterocycles. The topological polar surface area (TPSA) is 94.1 Å². The smallest absolute Gasteiger partial charge is 0.374 e. The van der Waals surface area contributed by atoms with E-state index in [0.29, 0.717) is 24.1 Å². The van der Waals surface area contributed by atoms with Gasteiger partial charge < -0.3 is 19.4 Å². The number of unbranched alkanes of at least 4 members (excludes halogenated alkanes) is 18. The van der Waals surface area contributed by atoms with Crippen LogP contribution in [0.25, 0.3) is 0 Å². The second kappa shape index (κ2) is 28.0. The highest BCUT2D eigenvalue weighted by Crippen LogP contribution is 2.43. The highest BCUT2D eigenvalue weighted by molar-refractivity contribution is 7.47. The largest absolute Gasteiger partial charge is 0.472 e. The fraction of sp³-hybridized carbons (Fsp3) is 0.970. The average Bonchev–Trinajstić information content (AvgIpc) is 2.92. The summed E-state index contributed by atoms with van der Waals surface area (Å²) in [5, 5.41) is 2.94. The number of amides is 1. The highest BCUT2D eigenvalue weighted by atomic mass is 31.2. The number of ether oxygens (including phenoxy) is 1. The molecule has 2 unspecified atom stereocenters. The van der Waals surface area contributed by atoms with E-state index in [1.807, 2.05) is 21.1 Å². The van der Waals surface area contributed by atoms with Gasteiger partial charge in [-0.2, -0.15) is 0 Å². The van der Waals surface area contributed by atoms with E-state index >= 15 is 0 Å². The summed E-state index contributed by atoms with van der Waals surface area (Å²) in [6.07, 6.45) is 24.8. The Morgan fingerprint density at radius 3 is 1.62 bits per heavy atom. The lowest BCUT2D eigenvalue weighted by atomic mass is 10.1. The molecule has 0 aliphatic heterocycles. The molecule has 0 saturated carbocycles. The van der Waals surface area contributed by atoms with E-state index in [4.69, 9.17) is 13.8 Å². The molecule has 0 radical (unpaired) electrons. The van der Waals surface area contributed by atoms with Crippen molar-refractivity contribution in [2.45, 2.75) is 155 Å². The average molecular weight is 622 g/mol. The maximum Gasteiger partial charge on any atom is 0.472 e. The Labute approximate surface area is 260 Å². The van der Waals surface area contributed by atoms with Crippen LogP contribution < -0.4 is 5.32 Å². The molecule has 2 atom stereocenters. The first-order chi connectivity index (χ1) is 20.1. The van der Waals surface area contributed by atoms with Gasteiger partial charge >= 0.3 is 7.82 Å². The maximum atomic E-state index is 12.4. The van der Waals surface area contributed by atoms with Crippen LogP contribution in [0.2, 0.25) is 0 Å². The Hall–Kier alpha value is -0.500. The third-order valence-corrected chi connectivity index (χ3v) is 8.56. The second-order valence-electron chi connectivity index (χ2n) is 13.0. The molecule has 0 heterocycles. The van der Waals surface area contributed by atoms with Crippen LogP contribution in [-0.2, 0) is 23.1 Å². The van der Waals surface area contributed by atoms with Crippen LogP contribution in [0.15, 0.2) is 0 Å². The van der Waals surface area contributed by atoms with Gasteiger partial charge in [-0.25, -0.2) is 4.57 Å². The van der Waals surface area contributed by atoms with Crippen molar-refractivity contribution in [1.29, 1.82) is 0 Å². The molecular weight excluding hydrogens is 551 g/mol. The third-order valence-electron chi connectivity index (χ3n) is 7.58. The van der Waals surface area contributed by atoms with Crippen molar-refractivity contribution in [2.24, 2.45) is 0 Å². The zero-order chi connectivity index (χ0) is 31.4. The van der Waals surface area contributed by atoms with Crippen LogP contribution >= 0.6 is 7.82 Å². The van der Waals surface area contributed by atoms with Crippen LogP contribution in [0.5, 0.6) is 0 Å². The number of hydrogen-bond donors (Lipinski definition) is 2. The number of carbonyl (C=O) groups is 1. The molecule has 0 bridgehead atoms. The number of hydrogen-bond acceptors (Lipinski definition) is 5. The van der Waals surface area contributed by atoms with Gasteiger partial charge in [-0.15, -0.1) is 0 Å². The first kappa shape index (κ1) is 41.5. The van der Waals surface area contributed by atoms with Gasteiger partial charge in [-0.3, -0.25) is 13.8 Å². The van der Waals surface area contributed by atoms with Gasteiger partial charge in [-0.1, -0.05) is 129 Å². The van der Waals surface area contributed by atoms with Crippen molar-refractivity contribution in [2.75, 3.05) is 54.1 Å². The van der Waals surface area contributed by atoms with Crippen molar-refractivity contribution < 1.29 is 32.5 Å². The standard InChI is InChI=1S/C33H69N2O6P/c1-6-8-10-12-14-16-17-18-20-22-24-26-33(36)34-30-32(31-41-42(37,38)40-29-27-35(3,4)5)39-28-25-23-21-19-15-13-11-9-7-2/h32H,6-31H2,1-5H3,(H-,34,36,37,38)/p+1. The zero-order valence-corrected chi connectivity index (χ0v) is 29.2. The highest BCUT2D eigenvalue weighted by Gasteiger charge is 2.25. The van der Waals surface area contributed by atoms with E-state index in [2.05, 4.69) is 19.2 Å². The lowest BCUT2D eigenvalue weighted by Crippen LogP contribution is -2.37. The van der Waals surface area contributed by atoms with E-state index < -0.39 is 13.9 Å². The number of carbonyl (C=O) groups excluding carboxylic acids is 1. The first-order valence-corrected chi connectivity index (χ1v) is 18.9. The van der Waals surface area contributed by atoms with Crippen molar-refractivity contribution in [3.63, 3.8) is 0 Å². The minimum Gasteiger partial charge on any atom is -0.374 e. The molecule has 0 aliphatic carbocycles. The molecule has 0 aromatic heterocycles. The van der Waals surface area contributed by atoms with Crippen molar-refractivity contribution >= 4 is 13.7 Å². The van der Waals surface area contributed by atoms with Gasteiger partial charge in [-0.05, 0) is 12.8 Å². The van der Waals surface area contributed by atoms with Crippen LogP contribution in [0, 0.1) is 0 Å². The normalized spacial score (nSPS) is 14.1. The summed E-state index contributed by atoms with van der Waals surface area (Å²) in [4.78, 5) is 22.6. The van der Waals surface area contributed by atoms with Crippen LogP contribution in [-0.4, -0.2) is 75.4 Å². The molecule has 0 rings (SSSR count). The van der Waals surface area contributed by atoms with Gasteiger partial charge in [0, 0.05) is 19.6 Å². The van der Waals surface area contributed by atoms with Crippen LogP contribution in [0.3, 0.4) is 0 Å². The predicted octanol–water partition coefficient (Wildman–Crippen LogP) is 8.56. The molecule has 1 amide bonds. The number of nitrogens with one attached hydrogen (secondary N) is 1. The lowest BCUT2D eigenvalue weighted by molar-refractivity contribution is -0.870.